The van der Waals surface area contributed by atoms with Crippen molar-refractivity contribution >= 4 is 5.91 Å². The summed E-state index contributed by atoms with van der Waals surface area (Å²) in [6, 6.07) is 1.54. The Balaban J connectivity index is 1.82. The van der Waals surface area contributed by atoms with Crippen molar-refractivity contribution in [1.82, 2.24) is 10.5 Å². The number of aromatic nitrogens is 1. The summed E-state index contributed by atoms with van der Waals surface area (Å²) in [4.78, 5) is 11.6. The summed E-state index contributed by atoms with van der Waals surface area (Å²) in [5.41, 5.74) is 0.307. The van der Waals surface area contributed by atoms with Gasteiger partial charge in [0, 0.05) is 19.2 Å². The zero-order valence-corrected chi connectivity index (χ0v) is 9.76. The van der Waals surface area contributed by atoms with Gasteiger partial charge in [0.15, 0.2) is 5.69 Å². The van der Waals surface area contributed by atoms with E-state index in [1.165, 1.54) is 19.1 Å². The number of amides is 1. The summed E-state index contributed by atoms with van der Waals surface area (Å²) >= 11 is 0. The van der Waals surface area contributed by atoms with Gasteiger partial charge in [-0.05, 0) is 24.7 Å². The molecule has 1 saturated carbocycles. The summed E-state index contributed by atoms with van der Waals surface area (Å²) in [5.74, 6) is 0.493. The number of carbonyl (C=O) groups is 1. The highest BCUT2D eigenvalue weighted by Crippen LogP contribution is 2.29. The summed E-state index contributed by atoms with van der Waals surface area (Å²) in [6.07, 6.45) is 5.87. The van der Waals surface area contributed by atoms with Crippen molar-refractivity contribution in [3.8, 4) is 0 Å². The third-order valence-corrected chi connectivity index (χ3v) is 3.50. The van der Waals surface area contributed by atoms with Crippen LogP contribution in [0.4, 0.5) is 0 Å². The smallest absolute Gasteiger partial charge is 0.273 e. The van der Waals surface area contributed by atoms with E-state index in [4.69, 9.17) is 0 Å². The number of rotatable bonds is 4. The number of hydrogen-bond donors (Lipinski definition) is 2. The molecule has 17 heavy (non-hydrogen) atoms. The van der Waals surface area contributed by atoms with Gasteiger partial charge in [-0.3, -0.25) is 4.79 Å². The van der Waals surface area contributed by atoms with Crippen molar-refractivity contribution in [2.45, 2.75) is 25.7 Å². The van der Waals surface area contributed by atoms with E-state index in [-0.39, 0.29) is 12.5 Å². The maximum Gasteiger partial charge on any atom is 0.273 e. The number of nitrogens with one attached hydrogen (secondary N) is 1. The zero-order chi connectivity index (χ0) is 12.1. The maximum absolute atomic E-state index is 11.6. The van der Waals surface area contributed by atoms with E-state index in [1.54, 1.807) is 6.07 Å². The van der Waals surface area contributed by atoms with E-state index in [9.17, 15) is 9.90 Å². The van der Waals surface area contributed by atoms with Crippen LogP contribution in [-0.2, 0) is 0 Å². The molecule has 1 aromatic heterocycles. The number of carbonyl (C=O) groups excluding carboxylic acids is 1. The van der Waals surface area contributed by atoms with Crippen molar-refractivity contribution in [1.29, 1.82) is 0 Å². The molecular formula is C12H18N2O3. The monoisotopic (exact) mass is 238 g/mol. The van der Waals surface area contributed by atoms with Gasteiger partial charge in [-0.15, -0.1) is 0 Å². The quantitative estimate of drug-likeness (QED) is 0.826. The van der Waals surface area contributed by atoms with Gasteiger partial charge in [0.25, 0.3) is 5.91 Å². The second-order valence-electron chi connectivity index (χ2n) is 4.58. The molecule has 2 atom stereocenters. The van der Waals surface area contributed by atoms with Crippen LogP contribution in [0, 0.1) is 11.8 Å². The fourth-order valence-corrected chi connectivity index (χ4v) is 2.44. The maximum atomic E-state index is 11.6. The number of aliphatic hydroxyl groups is 1. The molecule has 1 aliphatic rings. The molecule has 1 aliphatic carbocycles. The van der Waals surface area contributed by atoms with Crippen LogP contribution in [0.3, 0.4) is 0 Å². The average molecular weight is 238 g/mol. The van der Waals surface area contributed by atoms with E-state index in [1.807, 2.05) is 0 Å². The predicted octanol–water partition coefficient (Wildman–Crippen LogP) is 1.20. The molecule has 0 aromatic carbocycles. The molecule has 5 heteroatoms. The first-order valence-electron chi connectivity index (χ1n) is 6.10. The summed E-state index contributed by atoms with van der Waals surface area (Å²) in [6.45, 7) is 0.821. The van der Waals surface area contributed by atoms with Crippen LogP contribution in [0.15, 0.2) is 16.9 Å². The van der Waals surface area contributed by atoms with E-state index in [2.05, 4.69) is 15.0 Å². The fourth-order valence-electron chi connectivity index (χ4n) is 2.44. The Hall–Kier alpha value is -1.36. The molecule has 0 aliphatic heterocycles. The Morgan fingerprint density at radius 1 is 1.47 bits per heavy atom. The standard InChI is InChI=1S/C12H18N2O3/c15-8-10-4-2-1-3-9(10)7-13-12(16)11-5-6-17-14-11/h5-6,9-10,15H,1-4,7-8H2,(H,13,16). The summed E-state index contributed by atoms with van der Waals surface area (Å²) in [7, 11) is 0. The minimum absolute atomic E-state index is 0.207. The van der Waals surface area contributed by atoms with Crippen LogP contribution in [-0.4, -0.2) is 29.3 Å². The first kappa shape index (κ1) is 12.1. The molecular weight excluding hydrogens is 220 g/mol. The second kappa shape index (κ2) is 5.82. The van der Waals surface area contributed by atoms with Gasteiger partial charge in [-0.1, -0.05) is 18.0 Å². The van der Waals surface area contributed by atoms with Gasteiger partial charge in [-0.25, -0.2) is 0 Å². The van der Waals surface area contributed by atoms with Crippen LogP contribution < -0.4 is 5.32 Å². The highest BCUT2D eigenvalue weighted by molar-refractivity contribution is 5.91. The number of nitrogens with zero attached hydrogens (tertiary/aromatic N) is 1. The van der Waals surface area contributed by atoms with Crippen LogP contribution in [0.2, 0.25) is 0 Å². The lowest BCUT2D eigenvalue weighted by Gasteiger charge is -2.30. The largest absolute Gasteiger partial charge is 0.396 e. The highest BCUT2D eigenvalue weighted by atomic mass is 16.5. The van der Waals surface area contributed by atoms with Crippen LogP contribution in [0.5, 0.6) is 0 Å². The van der Waals surface area contributed by atoms with E-state index >= 15 is 0 Å². The summed E-state index contributed by atoms with van der Waals surface area (Å²) < 4.78 is 4.62. The summed E-state index contributed by atoms with van der Waals surface area (Å²) in [5, 5.41) is 15.7. The second-order valence-corrected chi connectivity index (χ2v) is 4.58. The molecule has 2 N–H and O–H groups in total. The van der Waals surface area contributed by atoms with Gasteiger partial charge in [0.1, 0.15) is 6.26 Å². The molecule has 94 valence electrons. The molecule has 1 aromatic rings. The molecule has 0 spiro atoms. The normalized spacial score (nSPS) is 24.5. The van der Waals surface area contributed by atoms with E-state index in [0.29, 0.717) is 24.1 Å². The third-order valence-electron chi connectivity index (χ3n) is 3.50. The van der Waals surface area contributed by atoms with Gasteiger partial charge < -0.3 is 14.9 Å². The third kappa shape index (κ3) is 3.06. The molecule has 2 rings (SSSR count). The van der Waals surface area contributed by atoms with Crippen molar-refractivity contribution in [3.63, 3.8) is 0 Å². The fraction of sp³-hybridized carbons (Fsp3) is 0.667. The molecule has 1 amide bonds. The van der Waals surface area contributed by atoms with Crippen molar-refractivity contribution in [2.75, 3.05) is 13.2 Å². The molecule has 0 saturated heterocycles. The van der Waals surface area contributed by atoms with Crippen LogP contribution >= 0.6 is 0 Å². The minimum atomic E-state index is -0.207. The lowest BCUT2D eigenvalue weighted by Crippen LogP contribution is -2.35. The molecule has 1 heterocycles. The average Bonchev–Trinajstić information content (AvgIpc) is 2.90. The lowest BCUT2D eigenvalue weighted by molar-refractivity contribution is 0.0900. The molecule has 0 radical (unpaired) electrons. The topological polar surface area (TPSA) is 75.4 Å². The van der Waals surface area contributed by atoms with Crippen molar-refractivity contribution in [3.05, 3.63) is 18.0 Å². The number of aliphatic hydroxyl groups excluding tert-OH is 1. The van der Waals surface area contributed by atoms with Gasteiger partial charge in [0.2, 0.25) is 0 Å². The molecule has 1 fully saturated rings. The van der Waals surface area contributed by atoms with Gasteiger partial charge in [-0.2, -0.15) is 0 Å². The highest BCUT2D eigenvalue weighted by Gasteiger charge is 2.25. The Morgan fingerprint density at radius 3 is 2.88 bits per heavy atom. The SMILES string of the molecule is O=C(NCC1CCCCC1CO)c1ccon1. The van der Waals surface area contributed by atoms with Crippen LogP contribution in [0.25, 0.3) is 0 Å². The molecule has 0 bridgehead atoms. The Kier molecular flexibility index (Phi) is 4.14. The van der Waals surface area contributed by atoms with Crippen molar-refractivity contribution < 1.29 is 14.4 Å². The van der Waals surface area contributed by atoms with Crippen LogP contribution in [0.1, 0.15) is 36.2 Å². The van der Waals surface area contributed by atoms with E-state index < -0.39 is 0 Å². The Morgan fingerprint density at radius 2 is 2.24 bits per heavy atom. The van der Waals surface area contributed by atoms with E-state index in [0.717, 1.165) is 12.8 Å². The van der Waals surface area contributed by atoms with Gasteiger partial charge >= 0.3 is 0 Å². The van der Waals surface area contributed by atoms with Gasteiger partial charge in [0.05, 0.1) is 0 Å². The Labute approximate surface area is 100 Å². The zero-order valence-electron chi connectivity index (χ0n) is 9.76. The lowest BCUT2D eigenvalue weighted by atomic mass is 9.79. The first-order chi connectivity index (χ1) is 8.31. The van der Waals surface area contributed by atoms with Crippen molar-refractivity contribution in [2.24, 2.45) is 11.8 Å². The number of hydrogen-bond acceptors (Lipinski definition) is 4. The predicted molar refractivity (Wildman–Crippen MR) is 61.4 cm³/mol. The molecule has 2 unspecified atom stereocenters. The Bertz CT molecular complexity index is 351. The molecule has 5 nitrogen and oxygen atoms in total. The minimum Gasteiger partial charge on any atom is -0.396 e. The first-order valence-corrected chi connectivity index (χ1v) is 6.10.